The van der Waals surface area contributed by atoms with Crippen molar-refractivity contribution >= 4 is 5.97 Å². The third kappa shape index (κ3) is 5.85. The van der Waals surface area contributed by atoms with Crippen molar-refractivity contribution in [2.75, 3.05) is 13.2 Å². The SMILES string of the molecule is CCC(CC)(c1ccc(C#CC2(O)CCOCC2)c(C)c1)c1ccc(-c2ccc(CC(=O)O)cc2)c(C)c1. The predicted octanol–water partition coefficient (Wildman–Crippen LogP) is 6.60. The van der Waals surface area contributed by atoms with Crippen molar-refractivity contribution in [3.05, 3.63) is 94.0 Å². The lowest BCUT2D eigenvalue weighted by molar-refractivity contribution is -0.136. The molecule has 0 atom stereocenters. The Kier molecular flexibility index (Phi) is 8.41. The van der Waals surface area contributed by atoms with Gasteiger partial charge < -0.3 is 14.9 Å². The van der Waals surface area contributed by atoms with Crippen LogP contribution in [0.3, 0.4) is 0 Å². The first kappa shape index (κ1) is 27.6. The van der Waals surface area contributed by atoms with Crippen molar-refractivity contribution in [2.24, 2.45) is 0 Å². The molecule has 1 saturated heterocycles. The topological polar surface area (TPSA) is 66.8 Å². The summed E-state index contributed by atoms with van der Waals surface area (Å²) in [5, 5.41) is 19.8. The summed E-state index contributed by atoms with van der Waals surface area (Å²) in [6.07, 6.45) is 3.07. The highest BCUT2D eigenvalue weighted by molar-refractivity contribution is 5.72. The first-order valence-corrected chi connectivity index (χ1v) is 13.6. The molecule has 38 heavy (non-hydrogen) atoms. The zero-order chi connectivity index (χ0) is 27.3. The van der Waals surface area contributed by atoms with E-state index in [4.69, 9.17) is 9.84 Å². The lowest BCUT2D eigenvalue weighted by Gasteiger charge is -2.34. The first-order valence-electron chi connectivity index (χ1n) is 13.6. The van der Waals surface area contributed by atoms with Crippen LogP contribution in [0.2, 0.25) is 0 Å². The molecule has 1 heterocycles. The summed E-state index contributed by atoms with van der Waals surface area (Å²) < 4.78 is 5.37. The number of carbonyl (C=O) groups is 1. The third-order valence-corrected chi connectivity index (χ3v) is 8.14. The molecule has 0 saturated carbocycles. The average molecular weight is 511 g/mol. The van der Waals surface area contributed by atoms with E-state index in [0.29, 0.717) is 26.1 Å². The van der Waals surface area contributed by atoms with Gasteiger partial charge in [0.15, 0.2) is 0 Å². The van der Waals surface area contributed by atoms with Crippen LogP contribution in [0.25, 0.3) is 11.1 Å². The minimum Gasteiger partial charge on any atom is -0.481 e. The van der Waals surface area contributed by atoms with Crippen molar-refractivity contribution in [2.45, 2.75) is 70.8 Å². The van der Waals surface area contributed by atoms with E-state index in [1.165, 1.54) is 16.7 Å². The molecule has 0 bridgehead atoms. The summed E-state index contributed by atoms with van der Waals surface area (Å²) in [6.45, 7) is 9.83. The fraction of sp³-hybridized carbons (Fsp3) is 0.382. The van der Waals surface area contributed by atoms with Gasteiger partial charge in [-0.2, -0.15) is 0 Å². The lowest BCUT2D eigenvalue weighted by atomic mass is 9.69. The van der Waals surface area contributed by atoms with Gasteiger partial charge in [0.2, 0.25) is 0 Å². The molecule has 0 aromatic heterocycles. The van der Waals surface area contributed by atoms with Crippen LogP contribution in [0, 0.1) is 25.7 Å². The molecule has 1 aliphatic heterocycles. The van der Waals surface area contributed by atoms with Crippen molar-refractivity contribution in [3.63, 3.8) is 0 Å². The second kappa shape index (κ2) is 11.6. The molecule has 4 nitrogen and oxygen atoms in total. The molecule has 2 N–H and O–H groups in total. The molecular formula is C34H38O4. The second-order valence-corrected chi connectivity index (χ2v) is 10.5. The Morgan fingerprint density at radius 3 is 2.08 bits per heavy atom. The largest absolute Gasteiger partial charge is 0.481 e. The van der Waals surface area contributed by atoms with Crippen LogP contribution in [-0.2, 0) is 21.4 Å². The number of carboxylic acid groups (broad SMARTS) is 1. The van der Waals surface area contributed by atoms with Gasteiger partial charge in [-0.3, -0.25) is 4.79 Å². The van der Waals surface area contributed by atoms with E-state index in [-0.39, 0.29) is 11.8 Å². The molecule has 0 spiro atoms. The number of aryl methyl sites for hydroxylation is 2. The molecule has 4 rings (SSSR count). The summed E-state index contributed by atoms with van der Waals surface area (Å²) in [6, 6.07) is 21.1. The Labute approximate surface area is 226 Å². The highest BCUT2D eigenvalue weighted by Crippen LogP contribution is 2.41. The number of aliphatic carboxylic acids is 1. The molecule has 0 amide bonds. The standard InChI is InChI=1S/C34H38O4/c1-5-34(6-2,29-12-11-27(24(3)21-29)15-16-33(37)17-19-38-20-18-33)30-13-14-31(25(4)22-30)28-9-7-26(8-10-28)23-32(35)36/h7-14,21-22,37H,5-6,17-20,23H2,1-4H3,(H,35,36). The highest BCUT2D eigenvalue weighted by Gasteiger charge is 2.31. The first-order chi connectivity index (χ1) is 18.2. The molecular weight excluding hydrogens is 472 g/mol. The van der Waals surface area contributed by atoms with Gasteiger partial charge in [0.25, 0.3) is 0 Å². The monoisotopic (exact) mass is 510 g/mol. The zero-order valence-electron chi connectivity index (χ0n) is 22.9. The van der Waals surface area contributed by atoms with Crippen LogP contribution in [0.15, 0.2) is 60.7 Å². The molecule has 0 radical (unpaired) electrons. The van der Waals surface area contributed by atoms with Gasteiger partial charge >= 0.3 is 5.97 Å². The maximum absolute atomic E-state index is 11.0. The van der Waals surface area contributed by atoms with Crippen LogP contribution >= 0.6 is 0 Å². The van der Waals surface area contributed by atoms with E-state index >= 15 is 0 Å². The van der Waals surface area contributed by atoms with E-state index in [1.54, 1.807) is 0 Å². The minimum atomic E-state index is -0.962. The maximum atomic E-state index is 11.0. The van der Waals surface area contributed by atoms with Gasteiger partial charge in [0.1, 0.15) is 5.60 Å². The predicted molar refractivity (Wildman–Crippen MR) is 152 cm³/mol. The summed E-state index contributed by atoms with van der Waals surface area (Å²) >= 11 is 0. The van der Waals surface area contributed by atoms with Crippen LogP contribution in [0.1, 0.15) is 72.9 Å². The molecule has 0 aliphatic carbocycles. The number of benzene rings is 3. The Morgan fingerprint density at radius 2 is 1.53 bits per heavy atom. The lowest BCUT2D eigenvalue weighted by Crippen LogP contribution is -2.34. The van der Waals surface area contributed by atoms with Crippen LogP contribution in [0.5, 0.6) is 0 Å². The Hall–Kier alpha value is -3.39. The van der Waals surface area contributed by atoms with Crippen molar-refractivity contribution in [3.8, 4) is 23.0 Å². The summed E-state index contributed by atoms with van der Waals surface area (Å²) in [5.74, 6) is 5.53. The summed E-state index contributed by atoms with van der Waals surface area (Å²) in [5.41, 5.74) is 7.80. The van der Waals surface area contributed by atoms with E-state index < -0.39 is 11.6 Å². The number of rotatable bonds is 7. The fourth-order valence-electron chi connectivity index (χ4n) is 5.61. The quantitative estimate of drug-likeness (QED) is 0.352. The Balaban J connectivity index is 1.64. The Morgan fingerprint density at radius 1 is 0.921 bits per heavy atom. The van der Waals surface area contributed by atoms with Crippen molar-refractivity contribution in [1.82, 2.24) is 0 Å². The average Bonchev–Trinajstić information content (AvgIpc) is 2.90. The molecule has 1 fully saturated rings. The van der Waals surface area contributed by atoms with E-state index in [1.807, 2.05) is 24.3 Å². The van der Waals surface area contributed by atoms with Gasteiger partial charge in [-0.05, 0) is 71.7 Å². The van der Waals surface area contributed by atoms with Crippen LogP contribution in [0.4, 0.5) is 0 Å². The van der Waals surface area contributed by atoms with E-state index in [0.717, 1.165) is 40.7 Å². The highest BCUT2D eigenvalue weighted by atomic mass is 16.5. The van der Waals surface area contributed by atoms with Crippen LogP contribution in [-0.4, -0.2) is 35.0 Å². The molecule has 3 aromatic rings. The molecule has 0 unspecified atom stereocenters. The molecule has 1 aliphatic rings. The molecule has 4 heteroatoms. The maximum Gasteiger partial charge on any atom is 0.307 e. The number of hydrogen-bond acceptors (Lipinski definition) is 3. The number of aliphatic hydroxyl groups is 1. The van der Waals surface area contributed by atoms with Crippen molar-refractivity contribution in [1.29, 1.82) is 0 Å². The van der Waals surface area contributed by atoms with Gasteiger partial charge in [-0.25, -0.2) is 0 Å². The zero-order valence-corrected chi connectivity index (χ0v) is 22.9. The fourth-order valence-corrected chi connectivity index (χ4v) is 5.61. The number of carboxylic acids is 1. The number of ether oxygens (including phenoxy) is 1. The summed E-state index contributed by atoms with van der Waals surface area (Å²) in [7, 11) is 0. The van der Waals surface area contributed by atoms with Gasteiger partial charge in [0.05, 0.1) is 19.6 Å². The number of hydrogen-bond donors (Lipinski definition) is 2. The normalized spacial score (nSPS) is 15.0. The van der Waals surface area contributed by atoms with Crippen LogP contribution < -0.4 is 0 Å². The van der Waals surface area contributed by atoms with E-state index in [2.05, 4.69) is 75.9 Å². The molecule has 198 valence electrons. The second-order valence-electron chi connectivity index (χ2n) is 10.5. The molecule has 3 aromatic carbocycles. The summed E-state index contributed by atoms with van der Waals surface area (Å²) in [4.78, 5) is 11.0. The van der Waals surface area contributed by atoms with E-state index in [9.17, 15) is 9.90 Å². The van der Waals surface area contributed by atoms with Gasteiger partial charge in [-0.15, -0.1) is 0 Å². The van der Waals surface area contributed by atoms with Gasteiger partial charge in [-0.1, -0.05) is 80.3 Å². The smallest absolute Gasteiger partial charge is 0.307 e. The third-order valence-electron chi connectivity index (χ3n) is 8.14. The van der Waals surface area contributed by atoms with Crippen molar-refractivity contribution < 1.29 is 19.7 Å². The minimum absolute atomic E-state index is 0.0351. The Bertz CT molecular complexity index is 1350. The van der Waals surface area contributed by atoms with Gasteiger partial charge in [0, 0.05) is 23.8 Å².